The van der Waals surface area contributed by atoms with E-state index < -0.39 is 0 Å². The summed E-state index contributed by atoms with van der Waals surface area (Å²) in [4.78, 5) is 23.3. The maximum Gasteiger partial charge on any atom is 0.257 e. The summed E-state index contributed by atoms with van der Waals surface area (Å²) in [5.74, 6) is -0.300. The van der Waals surface area contributed by atoms with Gasteiger partial charge in [-0.2, -0.15) is 0 Å². The van der Waals surface area contributed by atoms with Gasteiger partial charge in [-0.25, -0.2) is 0 Å². The van der Waals surface area contributed by atoms with Crippen molar-refractivity contribution in [2.75, 3.05) is 11.1 Å². The lowest BCUT2D eigenvalue weighted by molar-refractivity contribution is 0.101. The molecule has 0 fully saturated rings. The predicted molar refractivity (Wildman–Crippen MR) is 83.0 cm³/mol. The fourth-order valence-corrected chi connectivity index (χ4v) is 2.11. The van der Waals surface area contributed by atoms with Crippen LogP contribution in [0.2, 0.25) is 0 Å². The number of rotatable bonds is 3. The maximum absolute atomic E-state index is 12.1. The molecule has 0 unspecified atom stereocenters. The molecular weight excluding hydrogens is 320 g/mol. The highest BCUT2D eigenvalue weighted by Crippen LogP contribution is 2.20. The van der Waals surface area contributed by atoms with Crippen LogP contribution in [0.15, 0.2) is 46.9 Å². The third-order valence-electron chi connectivity index (χ3n) is 2.81. The molecule has 0 saturated heterocycles. The summed E-state index contributed by atoms with van der Waals surface area (Å²) in [5.41, 5.74) is 7.83. The number of Topliss-reactive ketones (excluding diaryl/α,β-unsaturated/α-hetero) is 1. The van der Waals surface area contributed by atoms with Gasteiger partial charge in [0, 0.05) is 21.4 Å². The fraction of sp³-hybridized carbons (Fsp3) is 0.0667. The number of ketones is 1. The Morgan fingerprint density at radius 1 is 1.10 bits per heavy atom. The highest BCUT2D eigenvalue weighted by atomic mass is 79.9. The van der Waals surface area contributed by atoms with Gasteiger partial charge in [0.25, 0.3) is 5.91 Å². The van der Waals surface area contributed by atoms with E-state index in [1.54, 1.807) is 42.5 Å². The quantitative estimate of drug-likeness (QED) is 0.667. The number of nitrogens with two attached hydrogens (primary N) is 1. The van der Waals surface area contributed by atoms with Crippen molar-refractivity contribution in [2.45, 2.75) is 6.92 Å². The maximum atomic E-state index is 12.1. The summed E-state index contributed by atoms with van der Waals surface area (Å²) in [6.07, 6.45) is 0. The second kappa shape index (κ2) is 5.88. The summed E-state index contributed by atoms with van der Waals surface area (Å²) >= 11 is 3.29. The Morgan fingerprint density at radius 3 is 2.30 bits per heavy atom. The molecular formula is C15H13BrN2O2. The molecule has 0 aromatic heterocycles. The zero-order valence-electron chi connectivity index (χ0n) is 10.8. The van der Waals surface area contributed by atoms with Gasteiger partial charge in [0.1, 0.15) is 0 Å². The number of carbonyl (C=O) groups excluding carboxylic acids is 2. The fourth-order valence-electron chi connectivity index (χ4n) is 1.73. The van der Waals surface area contributed by atoms with E-state index in [2.05, 4.69) is 21.2 Å². The molecule has 2 aromatic rings. The average molecular weight is 333 g/mol. The molecule has 0 aliphatic heterocycles. The van der Waals surface area contributed by atoms with Gasteiger partial charge in [-0.3, -0.25) is 9.59 Å². The minimum atomic E-state index is -0.287. The molecule has 102 valence electrons. The lowest BCUT2D eigenvalue weighted by atomic mass is 10.1. The number of nitrogen functional groups attached to an aromatic ring is 1. The number of carbonyl (C=O) groups is 2. The van der Waals surface area contributed by atoms with Gasteiger partial charge < -0.3 is 11.1 Å². The Hall–Kier alpha value is -2.14. The number of benzene rings is 2. The molecule has 2 rings (SSSR count). The topological polar surface area (TPSA) is 72.2 Å². The van der Waals surface area contributed by atoms with Crippen molar-refractivity contribution in [3.05, 3.63) is 58.1 Å². The number of hydrogen-bond donors (Lipinski definition) is 2. The van der Waals surface area contributed by atoms with Crippen molar-refractivity contribution in [3.63, 3.8) is 0 Å². The summed E-state index contributed by atoms with van der Waals surface area (Å²) in [7, 11) is 0. The summed E-state index contributed by atoms with van der Waals surface area (Å²) in [6.45, 7) is 1.50. The van der Waals surface area contributed by atoms with E-state index in [-0.39, 0.29) is 11.7 Å². The van der Waals surface area contributed by atoms with E-state index in [0.29, 0.717) is 22.5 Å². The molecule has 0 radical (unpaired) electrons. The van der Waals surface area contributed by atoms with Crippen LogP contribution in [0.1, 0.15) is 27.6 Å². The molecule has 0 heterocycles. The Labute approximate surface area is 125 Å². The van der Waals surface area contributed by atoms with Crippen molar-refractivity contribution >= 4 is 39.0 Å². The minimum absolute atomic E-state index is 0.0139. The molecule has 20 heavy (non-hydrogen) atoms. The molecule has 0 spiro atoms. The number of halogens is 1. The molecule has 5 heteroatoms. The second-order valence-electron chi connectivity index (χ2n) is 4.32. The van der Waals surface area contributed by atoms with Crippen molar-refractivity contribution in [1.82, 2.24) is 0 Å². The Morgan fingerprint density at radius 2 is 1.75 bits per heavy atom. The molecule has 0 aliphatic rings. The van der Waals surface area contributed by atoms with Crippen molar-refractivity contribution in [3.8, 4) is 0 Å². The van der Waals surface area contributed by atoms with Crippen LogP contribution in [0.4, 0.5) is 11.4 Å². The number of hydrogen-bond acceptors (Lipinski definition) is 3. The van der Waals surface area contributed by atoms with E-state index in [1.807, 2.05) is 0 Å². The summed E-state index contributed by atoms with van der Waals surface area (Å²) in [6, 6.07) is 11.8. The molecule has 0 bridgehead atoms. The lowest BCUT2D eigenvalue weighted by Gasteiger charge is -2.08. The van der Waals surface area contributed by atoms with Crippen molar-refractivity contribution in [1.29, 1.82) is 0 Å². The van der Waals surface area contributed by atoms with Gasteiger partial charge >= 0.3 is 0 Å². The van der Waals surface area contributed by atoms with Crippen LogP contribution in [0, 0.1) is 0 Å². The van der Waals surface area contributed by atoms with Gasteiger partial charge in [-0.05, 0) is 49.4 Å². The van der Waals surface area contributed by atoms with Crippen molar-refractivity contribution in [2.24, 2.45) is 0 Å². The van der Waals surface area contributed by atoms with Gasteiger partial charge in [0.2, 0.25) is 0 Å². The SMILES string of the molecule is CC(=O)c1ccc(NC(=O)c2ccc(Br)cc2N)cc1. The molecule has 0 aliphatic carbocycles. The van der Waals surface area contributed by atoms with E-state index in [9.17, 15) is 9.59 Å². The Kier molecular flexibility index (Phi) is 4.20. The largest absolute Gasteiger partial charge is 0.398 e. The third kappa shape index (κ3) is 3.24. The minimum Gasteiger partial charge on any atom is -0.398 e. The summed E-state index contributed by atoms with van der Waals surface area (Å²) in [5, 5.41) is 2.74. The molecule has 0 saturated carbocycles. The zero-order valence-corrected chi connectivity index (χ0v) is 12.4. The standard InChI is InChI=1S/C15H13BrN2O2/c1-9(19)10-2-5-12(6-3-10)18-15(20)13-7-4-11(16)8-14(13)17/h2-8H,17H2,1H3,(H,18,20). The first-order chi connectivity index (χ1) is 9.47. The van der Waals surface area contributed by atoms with E-state index in [0.717, 1.165) is 4.47 Å². The van der Waals surface area contributed by atoms with Crippen LogP contribution < -0.4 is 11.1 Å². The van der Waals surface area contributed by atoms with Crippen LogP contribution >= 0.6 is 15.9 Å². The van der Waals surface area contributed by atoms with Crippen LogP contribution in [0.5, 0.6) is 0 Å². The highest BCUT2D eigenvalue weighted by Gasteiger charge is 2.10. The molecule has 1 amide bonds. The second-order valence-corrected chi connectivity index (χ2v) is 5.23. The smallest absolute Gasteiger partial charge is 0.257 e. The summed E-state index contributed by atoms with van der Waals surface area (Å²) < 4.78 is 0.817. The van der Waals surface area contributed by atoms with Gasteiger partial charge in [-0.1, -0.05) is 15.9 Å². The molecule has 0 atom stereocenters. The average Bonchev–Trinajstić information content (AvgIpc) is 2.39. The normalized spacial score (nSPS) is 10.1. The third-order valence-corrected chi connectivity index (χ3v) is 3.30. The molecule has 3 N–H and O–H groups in total. The molecule has 4 nitrogen and oxygen atoms in total. The number of nitrogens with one attached hydrogen (secondary N) is 1. The Balaban J connectivity index is 2.17. The van der Waals surface area contributed by atoms with Crippen LogP contribution in [0.3, 0.4) is 0 Å². The zero-order chi connectivity index (χ0) is 14.7. The van der Waals surface area contributed by atoms with Gasteiger partial charge in [0.05, 0.1) is 5.56 Å². The molecule has 2 aromatic carbocycles. The van der Waals surface area contributed by atoms with E-state index >= 15 is 0 Å². The number of amides is 1. The first kappa shape index (κ1) is 14.3. The predicted octanol–water partition coefficient (Wildman–Crippen LogP) is 3.49. The number of anilines is 2. The monoisotopic (exact) mass is 332 g/mol. The van der Waals surface area contributed by atoms with E-state index in [1.165, 1.54) is 6.92 Å². The first-order valence-corrected chi connectivity index (χ1v) is 6.74. The van der Waals surface area contributed by atoms with Crippen LogP contribution in [-0.2, 0) is 0 Å². The lowest BCUT2D eigenvalue weighted by Crippen LogP contribution is -2.14. The van der Waals surface area contributed by atoms with Gasteiger partial charge in [0.15, 0.2) is 5.78 Å². The van der Waals surface area contributed by atoms with E-state index in [4.69, 9.17) is 5.73 Å². The Bertz CT molecular complexity index is 666. The van der Waals surface area contributed by atoms with Crippen molar-refractivity contribution < 1.29 is 9.59 Å². The van der Waals surface area contributed by atoms with Crippen LogP contribution in [0.25, 0.3) is 0 Å². The highest BCUT2D eigenvalue weighted by molar-refractivity contribution is 9.10. The van der Waals surface area contributed by atoms with Crippen LogP contribution in [-0.4, -0.2) is 11.7 Å². The van der Waals surface area contributed by atoms with Gasteiger partial charge in [-0.15, -0.1) is 0 Å². The first-order valence-electron chi connectivity index (χ1n) is 5.95.